The number of rotatable bonds is 0. The maximum atomic E-state index is 8.58. The SMILES string of the molecule is [Ga+3].[La+3].[O-][Si]([O-])([O-])[O-].[Zr+4]. The smallest absolute Gasteiger partial charge is 0.894 e. The first kappa shape index (κ1) is 22.4. The fourth-order valence-electron chi connectivity index (χ4n) is 0. The predicted molar refractivity (Wildman–Crippen MR) is 11.5 cm³/mol. The van der Waals surface area contributed by atoms with Crippen molar-refractivity contribution in [3.8, 4) is 0 Å². The van der Waals surface area contributed by atoms with E-state index in [-0.39, 0.29) is 81.6 Å². The molecule has 0 radical (unpaired) electrons. The molecule has 0 aromatic heterocycles. The third kappa shape index (κ3) is 69.0. The second-order valence-electron chi connectivity index (χ2n) is 0.500. The molecule has 0 aliphatic carbocycles. The number of hydrogen-bond acceptors (Lipinski definition) is 4. The molecule has 8 heteroatoms. The maximum absolute atomic E-state index is 8.58. The average molecular weight is 392 g/mol. The van der Waals surface area contributed by atoms with E-state index < -0.39 is 9.05 Å². The van der Waals surface area contributed by atoms with Crippen LogP contribution in [0.2, 0.25) is 0 Å². The van der Waals surface area contributed by atoms with Gasteiger partial charge in [0.25, 0.3) is 0 Å². The van der Waals surface area contributed by atoms with Crippen molar-refractivity contribution in [2.24, 2.45) is 0 Å². The Labute approximate surface area is 108 Å². The first-order valence-corrected chi connectivity index (χ1v) is 2.45. The van der Waals surface area contributed by atoms with Crippen molar-refractivity contribution in [2.45, 2.75) is 0 Å². The van der Waals surface area contributed by atoms with Gasteiger partial charge in [0.05, 0.1) is 0 Å². The van der Waals surface area contributed by atoms with Gasteiger partial charge in [0.2, 0.25) is 0 Å². The van der Waals surface area contributed by atoms with Crippen LogP contribution in [0.1, 0.15) is 0 Å². The van der Waals surface area contributed by atoms with Gasteiger partial charge in [0.15, 0.2) is 0 Å². The molecule has 0 aliphatic heterocycles. The van der Waals surface area contributed by atoms with Crippen molar-refractivity contribution in [1.82, 2.24) is 0 Å². The largest absolute Gasteiger partial charge is 4.00 e. The van der Waals surface area contributed by atoms with Crippen LogP contribution in [-0.4, -0.2) is 28.8 Å². The van der Waals surface area contributed by atoms with Gasteiger partial charge < -0.3 is 28.2 Å². The molecular weight excluding hydrogens is 392 g/mol. The molecule has 0 spiro atoms. The summed E-state index contributed by atoms with van der Waals surface area (Å²) in [5.41, 5.74) is 0. The van der Waals surface area contributed by atoms with Gasteiger partial charge in [0.1, 0.15) is 0 Å². The van der Waals surface area contributed by atoms with Crippen LogP contribution in [0.5, 0.6) is 0 Å². The molecule has 0 rings (SSSR count). The zero-order chi connectivity index (χ0) is 4.50. The van der Waals surface area contributed by atoms with E-state index in [4.69, 9.17) is 19.2 Å². The Morgan fingerprint density at radius 2 is 0.875 bits per heavy atom. The molecule has 8 heavy (non-hydrogen) atoms. The fourth-order valence-corrected chi connectivity index (χ4v) is 0. The van der Waals surface area contributed by atoms with E-state index in [0.717, 1.165) is 0 Å². The van der Waals surface area contributed by atoms with Gasteiger partial charge in [-0.15, -0.1) is 0 Å². The quantitative estimate of drug-likeness (QED) is 0.385. The van der Waals surface area contributed by atoms with Crippen molar-refractivity contribution >= 4 is 28.8 Å². The van der Waals surface area contributed by atoms with Gasteiger partial charge in [-0.05, 0) is 0 Å². The van der Waals surface area contributed by atoms with E-state index in [9.17, 15) is 0 Å². The molecule has 0 aromatic rings. The molecule has 0 aromatic carbocycles. The van der Waals surface area contributed by atoms with E-state index in [1.54, 1.807) is 0 Å². The molecule has 0 heterocycles. The molecular formula is GaLaO4SiZr+6. The minimum atomic E-state index is -5.61. The molecule has 0 N–H and O–H groups in total. The first-order chi connectivity index (χ1) is 2.00. The van der Waals surface area contributed by atoms with E-state index in [2.05, 4.69) is 0 Å². The minimum Gasteiger partial charge on any atom is -0.894 e. The molecule has 0 saturated heterocycles. The van der Waals surface area contributed by atoms with Crippen molar-refractivity contribution in [2.75, 3.05) is 0 Å². The summed E-state index contributed by atoms with van der Waals surface area (Å²) in [5, 5.41) is 0. The molecule has 0 bridgehead atoms. The van der Waals surface area contributed by atoms with Gasteiger partial charge in [-0.1, -0.05) is 0 Å². The van der Waals surface area contributed by atoms with Crippen LogP contribution < -0.4 is 19.2 Å². The molecule has 0 fully saturated rings. The topological polar surface area (TPSA) is 92.2 Å². The summed E-state index contributed by atoms with van der Waals surface area (Å²) in [6, 6.07) is 0. The Hall–Kier alpha value is 2.77. The normalized spacial score (nSPS) is 7.50. The molecule has 32 valence electrons. The third-order valence-corrected chi connectivity index (χ3v) is 0. The van der Waals surface area contributed by atoms with E-state index in [0.29, 0.717) is 0 Å². The molecule has 0 atom stereocenters. The molecule has 0 unspecified atom stereocenters. The second kappa shape index (κ2) is 9.77. The van der Waals surface area contributed by atoms with E-state index >= 15 is 0 Å². The summed E-state index contributed by atoms with van der Waals surface area (Å²) in [4.78, 5) is 34.3. The van der Waals surface area contributed by atoms with Crippen LogP contribution in [0.25, 0.3) is 0 Å². The Kier molecular flexibility index (Phi) is 27.4. The summed E-state index contributed by atoms with van der Waals surface area (Å²) in [6.45, 7) is 0. The Balaban J connectivity index is -0.0000000267. The van der Waals surface area contributed by atoms with Crippen LogP contribution in [0.15, 0.2) is 0 Å². The van der Waals surface area contributed by atoms with Crippen molar-refractivity contribution < 1.29 is 81.0 Å². The Bertz CT molecular complexity index is 31.5. The van der Waals surface area contributed by atoms with Gasteiger partial charge in [-0.25, -0.2) is 0 Å². The monoisotopic (exact) mass is 390 g/mol. The van der Waals surface area contributed by atoms with Gasteiger partial charge in [0, 0.05) is 0 Å². The van der Waals surface area contributed by atoms with Gasteiger partial charge >= 0.3 is 81.6 Å². The third-order valence-electron chi connectivity index (χ3n) is 0. The summed E-state index contributed by atoms with van der Waals surface area (Å²) >= 11 is 0. The van der Waals surface area contributed by atoms with Crippen molar-refractivity contribution in [1.29, 1.82) is 0 Å². The summed E-state index contributed by atoms with van der Waals surface area (Å²) < 4.78 is 0. The molecule has 0 aliphatic rings. The maximum Gasteiger partial charge on any atom is 4.00 e. The second-order valence-corrected chi connectivity index (χ2v) is 1.50. The van der Waals surface area contributed by atoms with E-state index in [1.165, 1.54) is 0 Å². The Morgan fingerprint density at radius 3 is 0.875 bits per heavy atom. The minimum absolute atomic E-state index is 0. The van der Waals surface area contributed by atoms with Crippen LogP contribution in [-0.2, 0) is 26.2 Å². The van der Waals surface area contributed by atoms with Crippen LogP contribution in [0, 0.1) is 35.6 Å². The van der Waals surface area contributed by atoms with Crippen LogP contribution in [0.3, 0.4) is 0 Å². The first-order valence-electron chi connectivity index (χ1n) is 0.816. The average Bonchev–Trinajstić information content (AvgIpc) is 0.722. The van der Waals surface area contributed by atoms with Gasteiger partial charge in [-0.3, -0.25) is 0 Å². The molecule has 0 amide bonds. The van der Waals surface area contributed by atoms with Crippen LogP contribution >= 0.6 is 0 Å². The Morgan fingerprint density at radius 1 is 0.875 bits per heavy atom. The predicted octanol–water partition coefficient (Wildman–Crippen LogP) is -5.52. The summed E-state index contributed by atoms with van der Waals surface area (Å²) in [7, 11) is -5.61. The van der Waals surface area contributed by atoms with Crippen LogP contribution in [0.4, 0.5) is 0 Å². The molecule has 4 nitrogen and oxygen atoms in total. The zero-order valence-corrected chi connectivity index (χ0v) is 13.3. The zero-order valence-electron chi connectivity index (χ0n) is 3.79. The van der Waals surface area contributed by atoms with Crippen molar-refractivity contribution in [3.63, 3.8) is 0 Å². The summed E-state index contributed by atoms with van der Waals surface area (Å²) in [5.74, 6) is 0. The molecule has 0 saturated carbocycles. The summed E-state index contributed by atoms with van der Waals surface area (Å²) in [6.07, 6.45) is 0. The van der Waals surface area contributed by atoms with E-state index in [1.807, 2.05) is 0 Å². The number of hydrogen-bond donors (Lipinski definition) is 0. The fraction of sp³-hybridized carbons (Fsp3) is 0. The standard InChI is InChI=1S/Ga.La.O4Si.Zr/c;;1-5(2,3)4;/q2*+3;-4;+4. The van der Waals surface area contributed by atoms with Gasteiger partial charge in [-0.2, -0.15) is 0 Å². The van der Waals surface area contributed by atoms with Crippen molar-refractivity contribution in [3.05, 3.63) is 0 Å².